The Morgan fingerprint density at radius 1 is 1.10 bits per heavy atom. The Morgan fingerprint density at radius 3 is 2.43 bits per heavy atom. The molecule has 10 heteroatoms. The molecule has 0 bridgehead atoms. The molecular weight excluding hydrogens is 412 g/mol. The Morgan fingerprint density at radius 2 is 1.83 bits per heavy atom. The SMILES string of the molecule is CS(=O)(=O)Oc1ccc(CN(Cc2ccco2)C(=O)c2cccc([N+](=O)[O-])c2)cc1. The molecule has 3 aromatic rings. The van der Waals surface area contributed by atoms with Crippen LogP contribution in [0.3, 0.4) is 0 Å². The molecule has 30 heavy (non-hydrogen) atoms. The zero-order chi connectivity index (χ0) is 21.7. The molecule has 0 unspecified atom stereocenters. The van der Waals surface area contributed by atoms with Crippen LogP contribution in [0.5, 0.6) is 5.75 Å². The Balaban J connectivity index is 1.84. The van der Waals surface area contributed by atoms with Gasteiger partial charge in [-0.15, -0.1) is 0 Å². The lowest BCUT2D eigenvalue weighted by atomic mass is 10.1. The largest absolute Gasteiger partial charge is 0.467 e. The fourth-order valence-corrected chi connectivity index (χ4v) is 3.23. The molecule has 1 aromatic heterocycles. The molecule has 156 valence electrons. The standard InChI is InChI=1S/C20H18N2O7S/c1-30(26,27)29-18-9-7-15(8-10-18)13-21(14-19-6-3-11-28-19)20(23)16-4-2-5-17(12-16)22(24)25/h2-12H,13-14H2,1H3. The number of rotatable bonds is 8. The monoisotopic (exact) mass is 430 g/mol. The molecule has 0 aliphatic rings. The summed E-state index contributed by atoms with van der Waals surface area (Å²) in [4.78, 5) is 25.0. The van der Waals surface area contributed by atoms with Crippen molar-refractivity contribution in [3.63, 3.8) is 0 Å². The Kier molecular flexibility index (Phi) is 6.17. The zero-order valence-electron chi connectivity index (χ0n) is 15.9. The number of hydrogen-bond acceptors (Lipinski definition) is 7. The van der Waals surface area contributed by atoms with Gasteiger partial charge < -0.3 is 13.5 Å². The highest BCUT2D eigenvalue weighted by molar-refractivity contribution is 7.86. The summed E-state index contributed by atoms with van der Waals surface area (Å²) in [5.74, 6) is 0.293. The highest BCUT2D eigenvalue weighted by Gasteiger charge is 2.20. The molecule has 0 saturated heterocycles. The topological polar surface area (TPSA) is 120 Å². The molecule has 1 heterocycles. The lowest BCUT2D eigenvalue weighted by Gasteiger charge is -2.22. The van der Waals surface area contributed by atoms with Crippen LogP contribution in [0.2, 0.25) is 0 Å². The number of carbonyl (C=O) groups is 1. The molecule has 0 radical (unpaired) electrons. The molecule has 0 aliphatic carbocycles. The summed E-state index contributed by atoms with van der Waals surface area (Å²) in [6.45, 7) is 0.317. The maximum Gasteiger partial charge on any atom is 0.306 e. The van der Waals surface area contributed by atoms with Gasteiger partial charge in [0.15, 0.2) is 0 Å². The minimum atomic E-state index is -3.64. The van der Waals surface area contributed by atoms with Crippen LogP contribution in [0.15, 0.2) is 71.3 Å². The molecule has 2 aromatic carbocycles. The van der Waals surface area contributed by atoms with Gasteiger partial charge in [0.25, 0.3) is 11.6 Å². The van der Waals surface area contributed by atoms with Gasteiger partial charge in [-0.2, -0.15) is 8.42 Å². The minimum absolute atomic E-state index is 0.149. The third-order valence-electron chi connectivity index (χ3n) is 4.06. The van der Waals surface area contributed by atoms with Gasteiger partial charge in [0.05, 0.1) is 24.0 Å². The number of carbonyl (C=O) groups excluding carboxylic acids is 1. The molecule has 0 N–H and O–H groups in total. The molecule has 0 atom stereocenters. The van der Waals surface area contributed by atoms with E-state index >= 15 is 0 Å². The van der Waals surface area contributed by atoms with Crippen molar-refractivity contribution in [3.05, 3.63) is 93.9 Å². The van der Waals surface area contributed by atoms with E-state index in [0.29, 0.717) is 11.3 Å². The summed E-state index contributed by atoms with van der Waals surface area (Å²) in [7, 11) is -3.64. The minimum Gasteiger partial charge on any atom is -0.467 e. The molecule has 0 aliphatic heterocycles. The van der Waals surface area contributed by atoms with Crippen LogP contribution < -0.4 is 4.18 Å². The molecule has 0 spiro atoms. The van der Waals surface area contributed by atoms with Crippen LogP contribution in [0, 0.1) is 10.1 Å². The van der Waals surface area contributed by atoms with Crippen LogP contribution in [0.1, 0.15) is 21.7 Å². The van der Waals surface area contributed by atoms with Gasteiger partial charge in [0.2, 0.25) is 0 Å². The lowest BCUT2D eigenvalue weighted by Crippen LogP contribution is -2.30. The smallest absolute Gasteiger partial charge is 0.306 e. The molecule has 0 saturated carbocycles. The Hall–Kier alpha value is -3.66. The summed E-state index contributed by atoms with van der Waals surface area (Å²) in [6, 6.07) is 15.2. The third kappa shape index (κ3) is 5.67. The van der Waals surface area contributed by atoms with Crippen molar-refractivity contribution in [1.82, 2.24) is 4.90 Å². The fourth-order valence-electron chi connectivity index (χ4n) is 2.77. The van der Waals surface area contributed by atoms with Gasteiger partial charge in [-0.05, 0) is 35.9 Å². The van der Waals surface area contributed by atoms with Gasteiger partial charge in [0, 0.05) is 24.2 Å². The third-order valence-corrected chi connectivity index (χ3v) is 4.56. The lowest BCUT2D eigenvalue weighted by molar-refractivity contribution is -0.384. The first kappa shape index (κ1) is 21.1. The van der Waals surface area contributed by atoms with E-state index < -0.39 is 20.9 Å². The van der Waals surface area contributed by atoms with E-state index in [4.69, 9.17) is 8.60 Å². The van der Waals surface area contributed by atoms with E-state index in [1.807, 2.05) is 0 Å². The van der Waals surface area contributed by atoms with Crippen molar-refractivity contribution in [2.75, 3.05) is 6.26 Å². The Bertz CT molecular complexity index is 1140. The second kappa shape index (κ2) is 8.78. The number of benzene rings is 2. The van der Waals surface area contributed by atoms with Crippen molar-refractivity contribution in [2.45, 2.75) is 13.1 Å². The summed E-state index contributed by atoms with van der Waals surface area (Å²) in [5.41, 5.74) is 0.704. The van der Waals surface area contributed by atoms with Crippen molar-refractivity contribution in [2.24, 2.45) is 0 Å². The molecule has 3 rings (SSSR count). The van der Waals surface area contributed by atoms with Crippen molar-refractivity contribution < 1.29 is 26.7 Å². The van der Waals surface area contributed by atoms with E-state index in [1.54, 1.807) is 24.3 Å². The number of nitro benzene ring substituents is 1. The average Bonchev–Trinajstić information content (AvgIpc) is 3.20. The first-order valence-electron chi connectivity index (χ1n) is 8.76. The number of non-ortho nitro benzene ring substituents is 1. The van der Waals surface area contributed by atoms with Crippen LogP contribution in [-0.2, 0) is 23.2 Å². The van der Waals surface area contributed by atoms with E-state index in [2.05, 4.69) is 0 Å². The summed E-state index contributed by atoms with van der Waals surface area (Å²) in [5, 5.41) is 11.0. The van der Waals surface area contributed by atoms with Crippen molar-refractivity contribution in [1.29, 1.82) is 0 Å². The first-order chi connectivity index (χ1) is 14.2. The van der Waals surface area contributed by atoms with E-state index in [9.17, 15) is 23.3 Å². The van der Waals surface area contributed by atoms with Crippen molar-refractivity contribution >= 4 is 21.7 Å². The normalized spacial score (nSPS) is 11.1. The summed E-state index contributed by atoms with van der Waals surface area (Å²) < 4.78 is 32.6. The zero-order valence-corrected chi connectivity index (χ0v) is 16.7. The predicted molar refractivity (Wildman–Crippen MR) is 107 cm³/mol. The number of nitro groups is 1. The fraction of sp³-hybridized carbons (Fsp3) is 0.150. The average molecular weight is 430 g/mol. The number of amides is 1. The van der Waals surface area contributed by atoms with Crippen LogP contribution >= 0.6 is 0 Å². The van der Waals surface area contributed by atoms with Crippen LogP contribution in [-0.4, -0.2) is 30.4 Å². The van der Waals surface area contributed by atoms with Gasteiger partial charge >= 0.3 is 10.1 Å². The number of furan rings is 1. The first-order valence-corrected chi connectivity index (χ1v) is 10.6. The van der Waals surface area contributed by atoms with Gasteiger partial charge in [-0.25, -0.2) is 0 Å². The van der Waals surface area contributed by atoms with Gasteiger partial charge in [-0.1, -0.05) is 18.2 Å². The molecule has 0 fully saturated rings. The van der Waals surface area contributed by atoms with Gasteiger partial charge in [-0.3, -0.25) is 14.9 Å². The summed E-state index contributed by atoms with van der Waals surface area (Å²) in [6.07, 6.45) is 2.44. The molecule has 9 nitrogen and oxygen atoms in total. The number of nitrogens with zero attached hydrogens (tertiary/aromatic N) is 2. The maximum absolute atomic E-state index is 13.1. The predicted octanol–water partition coefficient (Wildman–Crippen LogP) is 3.37. The highest BCUT2D eigenvalue weighted by Crippen LogP contribution is 2.20. The second-order valence-electron chi connectivity index (χ2n) is 6.48. The van der Waals surface area contributed by atoms with E-state index in [0.717, 1.165) is 6.26 Å². The quantitative estimate of drug-likeness (QED) is 0.305. The van der Waals surface area contributed by atoms with E-state index in [-0.39, 0.29) is 30.1 Å². The van der Waals surface area contributed by atoms with Crippen molar-refractivity contribution in [3.8, 4) is 5.75 Å². The maximum atomic E-state index is 13.1. The van der Waals surface area contributed by atoms with E-state index in [1.165, 1.54) is 47.6 Å². The molecular formula is C20H18N2O7S. The van der Waals surface area contributed by atoms with Gasteiger partial charge in [0.1, 0.15) is 11.5 Å². The van der Waals surface area contributed by atoms with Crippen LogP contribution in [0.4, 0.5) is 5.69 Å². The van der Waals surface area contributed by atoms with Crippen LogP contribution in [0.25, 0.3) is 0 Å². The Labute approximate surface area is 172 Å². The second-order valence-corrected chi connectivity index (χ2v) is 8.05. The molecule has 1 amide bonds. The number of hydrogen-bond donors (Lipinski definition) is 0. The summed E-state index contributed by atoms with van der Waals surface area (Å²) >= 11 is 0. The highest BCUT2D eigenvalue weighted by atomic mass is 32.2.